The van der Waals surface area contributed by atoms with E-state index < -0.39 is 0 Å². The number of amides is 1. The van der Waals surface area contributed by atoms with Gasteiger partial charge in [0.15, 0.2) is 0 Å². The molecular weight excluding hydrogens is 272 g/mol. The lowest BCUT2D eigenvalue weighted by Crippen LogP contribution is -2.13. The Morgan fingerprint density at radius 3 is 3.05 bits per heavy atom. The number of anilines is 1. The number of hydrogen-bond acceptors (Lipinski definition) is 5. The lowest BCUT2D eigenvalue weighted by Gasteiger charge is -1.97. The van der Waals surface area contributed by atoms with Gasteiger partial charge in [0, 0.05) is 11.9 Å². The van der Waals surface area contributed by atoms with E-state index in [2.05, 4.69) is 25.5 Å². The minimum atomic E-state index is -0.364. The summed E-state index contributed by atoms with van der Waals surface area (Å²) in [4.78, 5) is 20.4. The Morgan fingerprint density at radius 1 is 1.43 bits per heavy atom. The summed E-state index contributed by atoms with van der Waals surface area (Å²) < 4.78 is 6.96. The minimum Gasteiger partial charge on any atom is -0.463 e. The predicted octanol–water partition coefficient (Wildman–Crippen LogP) is 1.41. The number of H-pyrrole nitrogens is 1. The Morgan fingerprint density at radius 2 is 2.29 bits per heavy atom. The molecule has 0 unspecified atom stereocenters. The number of carbonyl (C=O) groups is 1. The van der Waals surface area contributed by atoms with Crippen molar-refractivity contribution in [1.29, 1.82) is 0 Å². The van der Waals surface area contributed by atoms with Crippen LogP contribution in [0, 0.1) is 6.92 Å². The normalized spacial score (nSPS) is 10.8. The third kappa shape index (κ3) is 2.55. The van der Waals surface area contributed by atoms with Crippen molar-refractivity contribution in [2.45, 2.75) is 13.8 Å². The fraction of sp³-hybridized carbons (Fsp3) is 0.231. The van der Waals surface area contributed by atoms with E-state index in [1.54, 1.807) is 6.20 Å². The number of aromatic nitrogens is 5. The molecule has 3 aromatic heterocycles. The number of rotatable bonds is 4. The quantitative estimate of drug-likeness (QED) is 0.755. The van der Waals surface area contributed by atoms with Gasteiger partial charge in [-0.1, -0.05) is 6.07 Å². The van der Waals surface area contributed by atoms with Crippen LogP contribution in [-0.2, 0) is 0 Å². The largest absolute Gasteiger partial charge is 0.463 e. The lowest BCUT2D eigenvalue weighted by molar-refractivity contribution is 0.102. The molecule has 0 radical (unpaired) electrons. The Bertz CT molecular complexity index is 791. The lowest BCUT2D eigenvalue weighted by atomic mass is 10.4. The minimum absolute atomic E-state index is 0.193. The molecule has 108 valence electrons. The molecule has 0 aromatic carbocycles. The van der Waals surface area contributed by atoms with Gasteiger partial charge in [-0.2, -0.15) is 4.98 Å². The van der Waals surface area contributed by atoms with Crippen LogP contribution < -0.4 is 10.1 Å². The molecule has 3 aromatic rings. The van der Waals surface area contributed by atoms with E-state index in [4.69, 9.17) is 4.74 Å². The highest BCUT2D eigenvalue weighted by Gasteiger charge is 2.14. The molecular formula is C13H14N6O2. The summed E-state index contributed by atoms with van der Waals surface area (Å²) in [6.07, 6.45) is 1.68. The Kier molecular flexibility index (Phi) is 3.27. The number of nitrogens with one attached hydrogen (secondary N) is 2. The zero-order valence-corrected chi connectivity index (χ0v) is 11.6. The molecule has 0 aliphatic heterocycles. The molecule has 0 spiro atoms. The molecule has 1 amide bonds. The molecule has 0 saturated carbocycles. The van der Waals surface area contributed by atoms with Gasteiger partial charge in [0.05, 0.1) is 6.61 Å². The molecule has 0 atom stereocenters. The first-order chi connectivity index (χ1) is 10.2. The van der Waals surface area contributed by atoms with Crippen LogP contribution in [0.25, 0.3) is 5.65 Å². The van der Waals surface area contributed by atoms with Gasteiger partial charge in [0.2, 0.25) is 5.95 Å². The van der Waals surface area contributed by atoms with Crippen LogP contribution in [0.5, 0.6) is 6.01 Å². The molecule has 0 aliphatic carbocycles. The number of hydrogen-bond donors (Lipinski definition) is 2. The fourth-order valence-electron chi connectivity index (χ4n) is 1.93. The van der Waals surface area contributed by atoms with E-state index >= 15 is 0 Å². The van der Waals surface area contributed by atoms with Crippen LogP contribution in [-0.4, -0.2) is 37.1 Å². The number of nitrogens with zero attached hydrogens (tertiary/aromatic N) is 4. The molecule has 0 bridgehead atoms. The average molecular weight is 286 g/mol. The second-order valence-electron chi connectivity index (χ2n) is 4.38. The van der Waals surface area contributed by atoms with E-state index in [9.17, 15) is 4.79 Å². The van der Waals surface area contributed by atoms with Crippen LogP contribution in [0.15, 0.2) is 24.4 Å². The van der Waals surface area contributed by atoms with Crippen LogP contribution in [0.3, 0.4) is 0 Å². The molecule has 3 heterocycles. The number of aromatic amines is 1. The van der Waals surface area contributed by atoms with E-state index in [0.717, 1.165) is 5.69 Å². The van der Waals surface area contributed by atoms with Crippen molar-refractivity contribution < 1.29 is 9.53 Å². The molecule has 0 fully saturated rings. The molecule has 0 aliphatic rings. The van der Waals surface area contributed by atoms with Crippen LogP contribution in [0.1, 0.15) is 23.1 Å². The number of ether oxygens (including phenoxy) is 1. The summed E-state index contributed by atoms with van der Waals surface area (Å²) in [6, 6.07) is 5.87. The first-order valence-electron chi connectivity index (χ1n) is 6.48. The van der Waals surface area contributed by atoms with E-state index in [1.807, 2.05) is 36.4 Å². The summed E-state index contributed by atoms with van der Waals surface area (Å²) in [6.45, 7) is 4.23. The Hall–Kier alpha value is -2.90. The summed E-state index contributed by atoms with van der Waals surface area (Å²) in [5.74, 6) is -0.144. The summed E-state index contributed by atoms with van der Waals surface area (Å²) in [5, 5.41) is 8.99. The molecule has 8 heteroatoms. The van der Waals surface area contributed by atoms with Gasteiger partial charge in [-0.15, -0.1) is 5.10 Å². The average Bonchev–Trinajstić information content (AvgIpc) is 3.07. The fourth-order valence-corrected chi connectivity index (χ4v) is 1.93. The number of pyridine rings is 1. The number of aryl methyl sites for hydroxylation is 1. The second-order valence-corrected chi connectivity index (χ2v) is 4.38. The number of fused-ring (bicyclic) bond motifs is 1. The predicted molar refractivity (Wildman–Crippen MR) is 75.4 cm³/mol. The van der Waals surface area contributed by atoms with Crippen molar-refractivity contribution in [1.82, 2.24) is 24.6 Å². The van der Waals surface area contributed by atoms with Crippen molar-refractivity contribution in [3.05, 3.63) is 35.8 Å². The van der Waals surface area contributed by atoms with Gasteiger partial charge in [-0.3, -0.25) is 10.1 Å². The second kappa shape index (κ2) is 5.23. The van der Waals surface area contributed by atoms with Gasteiger partial charge < -0.3 is 9.14 Å². The molecule has 0 saturated heterocycles. The van der Waals surface area contributed by atoms with Gasteiger partial charge in [-0.05, 0) is 26.0 Å². The SMILES string of the molecule is CCOc1n[nH]c(NC(=O)c2cn3c(C)cccc3n2)n1. The molecule has 3 rings (SSSR count). The van der Waals surface area contributed by atoms with Crippen molar-refractivity contribution in [2.75, 3.05) is 11.9 Å². The molecule has 21 heavy (non-hydrogen) atoms. The van der Waals surface area contributed by atoms with Gasteiger partial charge >= 0.3 is 6.01 Å². The van der Waals surface area contributed by atoms with Gasteiger partial charge in [-0.25, -0.2) is 10.1 Å². The summed E-state index contributed by atoms with van der Waals surface area (Å²) >= 11 is 0. The Labute approximate surface area is 120 Å². The smallest absolute Gasteiger partial charge is 0.337 e. The van der Waals surface area contributed by atoms with E-state index in [-0.39, 0.29) is 17.9 Å². The van der Waals surface area contributed by atoms with Gasteiger partial charge in [0.25, 0.3) is 5.91 Å². The molecule has 2 N–H and O–H groups in total. The topological polar surface area (TPSA) is 97.2 Å². The maximum atomic E-state index is 12.1. The van der Waals surface area contributed by atoms with Crippen LogP contribution in [0.2, 0.25) is 0 Å². The summed E-state index contributed by atoms with van der Waals surface area (Å²) in [7, 11) is 0. The third-order valence-corrected chi connectivity index (χ3v) is 2.90. The highest BCUT2D eigenvalue weighted by molar-refractivity contribution is 6.02. The Balaban J connectivity index is 1.81. The monoisotopic (exact) mass is 286 g/mol. The van der Waals surface area contributed by atoms with Crippen molar-refractivity contribution in [3.63, 3.8) is 0 Å². The summed E-state index contributed by atoms with van der Waals surface area (Å²) in [5.41, 5.74) is 2.02. The highest BCUT2D eigenvalue weighted by Crippen LogP contribution is 2.11. The number of carbonyl (C=O) groups excluding carboxylic acids is 1. The van der Waals surface area contributed by atoms with Crippen molar-refractivity contribution in [2.24, 2.45) is 0 Å². The first kappa shape index (κ1) is 13.1. The maximum Gasteiger partial charge on any atom is 0.337 e. The zero-order chi connectivity index (χ0) is 14.8. The maximum absolute atomic E-state index is 12.1. The van der Waals surface area contributed by atoms with Crippen molar-refractivity contribution >= 4 is 17.5 Å². The third-order valence-electron chi connectivity index (χ3n) is 2.90. The zero-order valence-electron chi connectivity index (χ0n) is 11.6. The van der Waals surface area contributed by atoms with Crippen LogP contribution in [0.4, 0.5) is 5.95 Å². The van der Waals surface area contributed by atoms with Gasteiger partial charge in [0.1, 0.15) is 11.3 Å². The van der Waals surface area contributed by atoms with Crippen LogP contribution >= 0.6 is 0 Å². The van der Waals surface area contributed by atoms with E-state index in [0.29, 0.717) is 17.9 Å². The number of imidazole rings is 1. The highest BCUT2D eigenvalue weighted by atomic mass is 16.5. The first-order valence-corrected chi connectivity index (χ1v) is 6.48. The standard InChI is InChI=1S/C13H14N6O2/c1-3-21-13-16-12(17-18-13)15-11(20)9-7-19-8(2)5-4-6-10(19)14-9/h4-7H,3H2,1-2H3,(H2,15,16,17,18,20). The van der Waals surface area contributed by atoms with Crippen molar-refractivity contribution in [3.8, 4) is 6.01 Å². The molecule has 8 nitrogen and oxygen atoms in total. The van der Waals surface area contributed by atoms with E-state index in [1.165, 1.54) is 0 Å².